The highest BCUT2D eigenvalue weighted by Gasteiger charge is 2.51. The molecule has 186 valence electrons. The minimum atomic E-state index is -0.0196. The number of amides is 1. The topological polar surface area (TPSA) is 77.0 Å². The lowest BCUT2D eigenvalue weighted by atomic mass is 9.65. The normalized spacial score (nSPS) is 22.8. The van der Waals surface area contributed by atoms with Crippen LogP contribution in [0.5, 0.6) is 0 Å². The number of carbonyl (C=O) groups excluding carboxylic acids is 1. The van der Waals surface area contributed by atoms with Crippen molar-refractivity contribution in [3.05, 3.63) is 65.7 Å². The fourth-order valence-electron chi connectivity index (χ4n) is 6.18. The first-order valence-electron chi connectivity index (χ1n) is 12.2. The monoisotopic (exact) mass is 519 g/mol. The van der Waals surface area contributed by atoms with Crippen LogP contribution in [0.2, 0.25) is 0 Å². The number of para-hydroxylation sites is 1. The molecule has 9 heteroatoms. The minimum Gasteiger partial charge on any atom is -0.447 e. The Bertz CT molecular complexity index is 1380. The van der Waals surface area contributed by atoms with E-state index in [-0.39, 0.29) is 22.8 Å². The van der Waals surface area contributed by atoms with Gasteiger partial charge in [0, 0.05) is 18.3 Å². The molecule has 6 rings (SSSR count). The predicted molar refractivity (Wildman–Crippen MR) is 141 cm³/mol. The van der Waals surface area contributed by atoms with Gasteiger partial charge in [-0.3, -0.25) is 9.36 Å². The highest BCUT2D eigenvalue weighted by atomic mass is 32.2. The van der Waals surface area contributed by atoms with Crippen molar-refractivity contribution in [1.82, 2.24) is 24.6 Å². The molecule has 4 aromatic rings. The zero-order chi connectivity index (χ0) is 24.9. The second-order valence-electron chi connectivity index (χ2n) is 11.0. The largest absolute Gasteiger partial charge is 0.447 e. The minimum absolute atomic E-state index is 0.0196. The number of aromatic nitrogens is 4. The van der Waals surface area contributed by atoms with Gasteiger partial charge in [-0.1, -0.05) is 56.8 Å². The second kappa shape index (κ2) is 8.88. The number of rotatable bonds is 6. The molecule has 1 saturated carbocycles. The van der Waals surface area contributed by atoms with Gasteiger partial charge in [-0.05, 0) is 53.7 Å². The van der Waals surface area contributed by atoms with Crippen molar-refractivity contribution in [2.24, 2.45) is 10.8 Å². The number of fused-ring (bicyclic) bond motifs is 2. The molecule has 7 nitrogen and oxygen atoms in total. The van der Waals surface area contributed by atoms with E-state index in [0.717, 1.165) is 47.4 Å². The SMILES string of the molecule is CC1(C)CC2CC(C)(CN2C(=O)c2coc(CSc3nnc(-c4cccs4)n3-c3ccccc3)n2)C1. The van der Waals surface area contributed by atoms with Crippen LogP contribution >= 0.6 is 23.1 Å². The van der Waals surface area contributed by atoms with Crippen LogP contribution in [0.15, 0.2) is 63.7 Å². The zero-order valence-corrected chi connectivity index (χ0v) is 22.3. The molecule has 36 heavy (non-hydrogen) atoms. The third-order valence-electron chi connectivity index (χ3n) is 7.16. The van der Waals surface area contributed by atoms with Crippen LogP contribution < -0.4 is 0 Å². The second-order valence-corrected chi connectivity index (χ2v) is 12.9. The number of likely N-dealkylation sites (tertiary alicyclic amines) is 1. The van der Waals surface area contributed by atoms with Gasteiger partial charge in [0.2, 0.25) is 5.89 Å². The van der Waals surface area contributed by atoms with Crippen LogP contribution in [0.25, 0.3) is 16.4 Å². The lowest BCUT2D eigenvalue weighted by molar-refractivity contribution is 0.0702. The van der Waals surface area contributed by atoms with Crippen LogP contribution in [0.3, 0.4) is 0 Å². The third kappa shape index (κ3) is 4.39. The summed E-state index contributed by atoms with van der Waals surface area (Å²) >= 11 is 3.13. The van der Waals surface area contributed by atoms with E-state index in [1.807, 2.05) is 52.7 Å². The number of nitrogens with zero attached hydrogens (tertiary/aromatic N) is 5. The Morgan fingerprint density at radius 3 is 2.75 bits per heavy atom. The lowest BCUT2D eigenvalue weighted by Crippen LogP contribution is -2.37. The number of thioether (sulfide) groups is 1. The number of hydrogen-bond donors (Lipinski definition) is 0. The maximum atomic E-state index is 13.4. The van der Waals surface area contributed by atoms with Gasteiger partial charge in [0.05, 0.1) is 10.6 Å². The lowest BCUT2D eigenvalue weighted by Gasteiger charge is -2.39. The molecule has 2 atom stereocenters. The summed E-state index contributed by atoms with van der Waals surface area (Å²) in [7, 11) is 0. The molecule has 0 N–H and O–H groups in total. The van der Waals surface area contributed by atoms with Crippen molar-refractivity contribution >= 4 is 29.0 Å². The van der Waals surface area contributed by atoms with Crippen molar-refractivity contribution in [3.8, 4) is 16.4 Å². The standard InChI is InChI=1S/C27H29N5O2S2/c1-26(2)12-19-13-27(3,16-26)17-31(19)24(33)20-14-34-22(28-20)15-36-25-30-29-23(21-10-7-11-35-21)32(25)18-8-5-4-6-9-18/h4-11,14,19H,12-13,15-17H2,1-3H3. The average Bonchev–Trinajstić information content (AvgIpc) is 3.62. The Morgan fingerprint density at radius 1 is 1.14 bits per heavy atom. The summed E-state index contributed by atoms with van der Waals surface area (Å²) in [5.41, 5.74) is 1.83. The van der Waals surface area contributed by atoms with Crippen molar-refractivity contribution in [3.63, 3.8) is 0 Å². The van der Waals surface area contributed by atoms with Crippen molar-refractivity contribution in [2.45, 2.75) is 57.0 Å². The summed E-state index contributed by atoms with van der Waals surface area (Å²) in [6, 6.07) is 14.4. The predicted octanol–water partition coefficient (Wildman–Crippen LogP) is 6.32. The van der Waals surface area contributed by atoms with Crippen LogP contribution in [0, 0.1) is 10.8 Å². The van der Waals surface area contributed by atoms with Crippen molar-refractivity contribution < 1.29 is 9.21 Å². The number of oxazole rings is 1. The molecule has 2 unspecified atom stereocenters. The van der Waals surface area contributed by atoms with Crippen LogP contribution in [-0.2, 0) is 5.75 Å². The van der Waals surface area contributed by atoms with Gasteiger partial charge in [0.25, 0.3) is 5.91 Å². The number of hydrogen-bond acceptors (Lipinski definition) is 7. The Hall–Kier alpha value is -2.91. The summed E-state index contributed by atoms with van der Waals surface area (Å²) < 4.78 is 7.79. The molecule has 2 aliphatic rings. The smallest absolute Gasteiger partial charge is 0.276 e. The van der Waals surface area contributed by atoms with Gasteiger partial charge in [-0.25, -0.2) is 4.98 Å². The average molecular weight is 520 g/mol. The van der Waals surface area contributed by atoms with E-state index in [1.54, 1.807) is 11.3 Å². The van der Waals surface area contributed by atoms with Crippen LogP contribution in [0.4, 0.5) is 0 Å². The number of thiophene rings is 1. The molecule has 1 aromatic carbocycles. The first-order valence-corrected chi connectivity index (χ1v) is 14.1. The summed E-state index contributed by atoms with van der Waals surface area (Å²) in [6.45, 7) is 7.73. The van der Waals surface area contributed by atoms with E-state index < -0.39 is 0 Å². The van der Waals surface area contributed by atoms with Gasteiger partial charge in [0.15, 0.2) is 16.7 Å². The first-order chi connectivity index (χ1) is 17.3. The molecule has 1 aliphatic heterocycles. The number of benzene rings is 1. The molecule has 1 aliphatic carbocycles. The summed E-state index contributed by atoms with van der Waals surface area (Å²) in [5, 5.41) is 11.7. The Labute approximate surface area is 218 Å². The fourth-order valence-corrected chi connectivity index (χ4v) is 7.69. The molecule has 3 aromatic heterocycles. The Morgan fingerprint density at radius 2 is 1.97 bits per heavy atom. The van der Waals surface area contributed by atoms with E-state index in [2.05, 4.69) is 40.5 Å². The van der Waals surface area contributed by atoms with Crippen molar-refractivity contribution in [2.75, 3.05) is 6.54 Å². The quantitative estimate of drug-likeness (QED) is 0.278. The fraction of sp³-hybridized carbons (Fsp3) is 0.407. The van der Waals surface area contributed by atoms with Gasteiger partial charge in [-0.2, -0.15) is 0 Å². The Balaban J connectivity index is 1.20. The van der Waals surface area contributed by atoms with Crippen molar-refractivity contribution in [1.29, 1.82) is 0 Å². The Kier molecular flexibility index (Phi) is 5.80. The number of carbonyl (C=O) groups is 1. The maximum Gasteiger partial charge on any atom is 0.276 e. The van der Waals surface area contributed by atoms with Gasteiger partial charge >= 0.3 is 0 Å². The zero-order valence-electron chi connectivity index (χ0n) is 20.7. The molecule has 1 amide bonds. The van der Waals surface area contributed by atoms with E-state index in [1.165, 1.54) is 18.0 Å². The van der Waals surface area contributed by atoms with Crippen LogP contribution in [0.1, 0.15) is 56.4 Å². The molecule has 0 radical (unpaired) electrons. The highest BCUT2D eigenvalue weighted by Crippen LogP contribution is 2.52. The van der Waals surface area contributed by atoms with Crippen LogP contribution in [-0.4, -0.2) is 43.1 Å². The molecule has 2 fully saturated rings. The van der Waals surface area contributed by atoms with Gasteiger partial charge in [-0.15, -0.1) is 21.5 Å². The molecule has 4 heterocycles. The summed E-state index contributed by atoms with van der Waals surface area (Å²) in [4.78, 5) is 21.0. The molecular weight excluding hydrogens is 490 g/mol. The molecule has 1 saturated heterocycles. The van der Waals surface area contributed by atoms with Gasteiger partial charge in [0.1, 0.15) is 6.26 Å². The highest BCUT2D eigenvalue weighted by molar-refractivity contribution is 7.98. The van der Waals surface area contributed by atoms with E-state index in [0.29, 0.717) is 17.3 Å². The molecular formula is C27H29N5O2S2. The first kappa shape index (κ1) is 23.5. The van der Waals surface area contributed by atoms with Gasteiger partial charge < -0.3 is 9.32 Å². The maximum absolute atomic E-state index is 13.4. The third-order valence-corrected chi connectivity index (χ3v) is 8.94. The van der Waals surface area contributed by atoms with E-state index >= 15 is 0 Å². The molecule has 0 spiro atoms. The van der Waals surface area contributed by atoms with E-state index in [4.69, 9.17) is 4.42 Å². The summed E-state index contributed by atoms with van der Waals surface area (Å²) in [6.07, 6.45) is 4.77. The summed E-state index contributed by atoms with van der Waals surface area (Å²) in [5.74, 6) is 1.75. The van der Waals surface area contributed by atoms with E-state index in [9.17, 15) is 4.79 Å². The molecule has 2 bridgehead atoms.